The van der Waals surface area contributed by atoms with E-state index in [9.17, 15) is 14.4 Å². The van der Waals surface area contributed by atoms with Crippen LogP contribution in [0.3, 0.4) is 0 Å². The molecular formula is C20H16N2O6S. The number of thioether (sulfide) groups is 1. The Bertz CT molecular complexity index is 1040. The van der Waals surface area contributed by atoms with E-state index in [4.69, 9.17) is 14.2 Å². The van der Waals surface area contributed by atoms with E-state index in [1.165, 1.54) is 7.11 Å². The normalized spacial score (nSPS) is 16.4. The van der Waals surface area contributed by atoms with Crippen molar-refractivity contribution in [3.63, 3.8) is 0 Å². The largest absolute Gasteiger partial charge is 0.495 e. The fourth-order valence-corrected chi connectivity index (χ4v) is 3.71. The molecule has 2 heterocycles. The molecule has 8 nitrogen and oxygen atoms in total. The molecule has 0 atom stereocenters. The van der Waals surface area contributed by atoms with Gasteiger partial charge in [-0.05, 0) is 47.7 Å². The highest BCUT2D eigenvalue weighted by atomic mass is 32.2. The van der Waals surface area contributed by atoms with E-state index in [1.807, 2.05) is 0 Å². The minimum absolute atomic E-state index is 0.149. The van der Waals surface area contributed by atoms with Gasteiger partial charge in [0, 0.05) is 0 Å². The molecule has 0 bridgehead atoms. The summed E-state index contributed by atoms with van der Waals surface area (Å²) in [5.41, 5.74) is 1.15. The van der Waals surface area contributed by atoms with Crippen molar-refractivity contribution in [2.45, 2.75) is 0 Å². The first kappa shape index (κ1) is 18.9. The number of nitrogens with zero attached hydrogens (tertiary/aromatic N) is 1. The highest BCUT2D eigenvalue weighted by molar-refractivity contribution is 8.18. The lowest BCUT2D eigenvalue weighted by Gasteiger charge is -2.14. The number of carbonyl (C=O) groups is 3. The van der Waals surface area contributed by atoms with Crippen LogP contribution in [0.5, 0.6) is 17.2 Å². The Kier molecular flexibility index (Phi) is 5.13. The zero-order chi connectivity index (χ0) is 20.4. The molecule has 148 valence electrons. The maximum Gasteiger partial charge on any atom is 0.294 e. The maximum absolute atomic E-state index is 12.6. The minimum Gasteiger partial charge on any atom is -0.495 e. The Morgan fingerprint density at radius 1 is 1.21 bits per heavy atom. The van der Waals surface area contributed by atoms with Crippen LogP contribution >= 0.6 is 11.8 Å². The molecule has 4 rings (SSSR count). The number of fused-ring (bicyclic) bond motifs is 1. The van der Waals surface area contributed by atoms with Crippen LogP contribution in [0.15, 0.2) is 47.4 Å². The summed E-state index contributed by atoms with van der Waals surface area (Å²) in [5.74, 6) is 0.670. The first-order valence-electron chi connectivity index (χ1n) is 8.63. The second-order valence-corrected chi connectivity index (χ2v) is 7.12. The third-order valence-corrected chi connectivity index (χ3v) is 5.16. The molecule has 1 fully saturated rings. The van der Waals surface area contributed by atoms with Crippen molar-refractivity contribution in [3.05, 3.63) is 52.9 Å². The molecule has 0 unspecified atom stereocenters. The molecular weight excluding hydrogens is 396 g/mol. The Labute approximate surface area is 170 Å². The van der Waals surface area contributed by atoms with Crippen LogP contribution in [0.25, 0.3) is 6.08 Å². The van der Waals surface area contributed by atoms with Crippen LogP contribution in [0.4, 0.5) is 10.5 Å². The van der Waals surface area contributed by atoms with Gasteiger partial charge in [-0.2, -0.15) is 0 Å². The number of rotatable bonds is 5. The number of methoxy groups -OCH3 is 1. The molecule has 1 N–H and O–H groups in total. The van der Waals surface area contributed by atoms with E-state index < -0.39 is 17.1 Å². The molecule has 0 radical (unpaired) electrons. The number of benzene rings is 2. The zero-order valence-corrected chi connectivity index (χ0v) is 16.2. The van der Waals surface area contributed by atoms with Crippen molar-refractivity contribution in [1.82, 2.24) is 4.90 Å². The fraction of sp³-hybridized carbons (Fsp3) is 0.150. The number of hydrogen-bond donors (Lipinski definition) is 1. The number of imide groups is 1. The lowest BCUT2D eigenvalue weighted by Crippen LogP contribution is -2.36. The van der Waals surface area contributed by atoms with Crippen molar-refractivity contribution in [2.75, 3.05) is 25.8 Å². The van der Waals surface area contributed by atoms with Crippen molar-refractivity contribution in [3.8, 4) is 17.2 Å². The molecule has 2 aliphatic heterocycles. The predicted octanol–water partition coefficient (Wildman–Crippen LogP) is 3.10. The van der Waals surface area contributed by atoms with Gasteiger partial charge >= 0.3 is 0 Å². The summed E-state index contributed by atoms with van der Waals surface area (Å²) >= 11 is 0.788. The summed E-state index contributed by atoms with van der Waals surface area (Å²) in [6, 6.07) is 12.1. The summed E-state index contributed by atoms with van der Waals surface area (Å²) in [7, 11) is 1.49. The number of hydrogen-bond acceptors (Lipinski definition) is 7. The van der Waals surface area contributed by atoms with E-state index in [1.54, 1.807) is 48.5 Å². The van der Waals surface area contributed by atoms with Gasteiger partial charge in [-0.3, -0.25) is 19.3 Å². The molecule has 0 saturated carbocycles. The number of anilines is 1. The third kappa shape index (κ3) is 3.90. The molecule has 0 spiro atoms. The van der Waals surface area contributed by atoms with Gasteiger partial charge in [0.1, 0.15) is 12.3 Å². The van der Waals surface area contributed by atoms with Gasteiger partial charge in [-0.25, -0.2) is 0 Å². The Balaban J connectivity index is 1.46. The molecule has 9 heteroatoms. The van der Waals surface area contributed by atoms with Crippen LogP contribution < -0.4 is 19.5 Å². The Morgan fingerprint density at radius 3 is 2.83 bits per heavy atom. The van der Waals surface area contributed by atoms with Crippen molar-refractivity contribution < 1.29 is 28.6 Å². The van der Waals surface area contributed by atoms with Crippen LogP contribution in [0, 0.1) is 0 Å². The fourth-order valence-electron chi connectivity index (χ4n) is 2.87. The molecule has 29 heavy (non-hydrogen) atoms. The molecule has 0 aromatic heterocycles. The van der Waals surface area contributed by atoms with Gasteiger partial charge in [0.05, 0.1) is 17.7 Å². The predicted molar refractivity (Wildman–Crippen MR) is 107 cm³/mol. The highest BCUT2D eigenvalue weighted by Gasteiger charge is 2.36. The summed E-state index contributed by atoms with van der Waals surface area (Å²) in [6.45, 7) is -0.238. The molecule has 2 aliphatic rings. The first-order valence-corrected chi connectivity index (χ1v) is 9.44. The number of nitrogens with one attached hydrogen (secondary N) is 1. The van der Waals surface area contributed by atoms with Gasteiger partial charge in [0.15, 0.2) is 11.5 Å². The summed E-state index contributed by atoms with van der Waals surface area (Å²) < 4.78 is 15.8. The van der Waals surface area contributed by atoms with Gasteiger partial charge in [0.2, 0.25) is 12.7 Å². The van der Waals surface area contributed by atoms with E-state index in [2.05, 4.69) is 5.32 Å². The SMILES string of the molecule is COc1ccccc1NC(=O)CN1C(=O)S/C(=C\c2ccc3c(c2)OCO3)C1=O. The minimum atomic E-state index is -0.521. The van der Waals surface area contributed by atoms with Crippen LogP contribution in [0.1, 0.15) is 5.56 Å². The molecule has 3 amide bonds. The summed E-state index contributed by atoms with van der Waals surface area (Å²) in [4.78, 5) is 38.4. The molecule has 2 aromatic rings. The van der Waals surface area contributed by atoms with Crippen LogP contribution in [0.2, 0.25) is 0 Å². The quantitative estimate of drug-likeness (QED) is 0.754. The lowest BCUT2D eigenvalue weighted by molar-refractivity contribution is -0.127. The average molecular weight is 412 g/mol. The van der Waals surface area contributed by atoms with Gasteiger partial charge in [-0.15, -0.1) is 0 Å². The average Bonchev–Trinajstić information content (AvgIpc) is 3.28. The zero-order valence-electron chi connectivity index (χ0n) is 15.3. The van der Waals surface area contributed by atoms with Crippen molar-refractivity contribution in [2.24, 2.45) is 0 Å². The Hall–Kier alpha value is -3.46. The number of amides is 3. The summed E-state index contributed by atoms with van der Waals surface area (Å²) in [6.07, 6.45) is 1.59. The Morgan fingerprint density at radius 2 is 2.00 bits per heavy atom. The van der Waals surface area contributed by atoms with E-state index in [0.717, 1.165) is 16.7 Å². The topological polar surface area (TPSA) is 94.2 Å². The van der Waals surface area contributed by atoms with Gasteiger partial charge < -0.3 is 19.5 Å². The van der Waals surface area contributed by atoms with Crippen molar-refractivity contribution in [1.29, 1.82) is 0 Å². The van der Waals surface area contributed by atoms with Gasteiger partial charge in [0.25, 0.3) is 11.1 Å². The highest BCUT2D eigenvalue weighted by Crippen LogP contribution is 2.36. The lowest BCUT2D eigenvalue weighted by atomic mass is 10.2. The number of para-hydroxylation sites is 2. The van der Waals surface area contributed by atoms with Crippen LogP contribution in [-0.2, 0) is 9.59 Å². The number of carbonyl (C=O) groups excluding carboxylic acids is 3. The van der Waals surface area contributed by atoms with E-state index >= 15 is 0 Å². The van der Waals surface area contributed by atoms with E-state index in [0.29, 0.717) is 28.5 Å². The second kappa shape index (κ2) is 7.88. The standard InChI is InChI=1S/C20H16N2O6S/c1-26-14-5-3-2-4-13(14)21-18(23)10-22-19(24)17(29-20(22)25)9-12-6-7-15-16(8-12)28-11-27-15/h2-9H,10-11H2,1H3,(H,21,23)/b17-9-. The van der Waals surface area contributed by atoms with Crippen molar-refractivity contribution >= 4 is 40.6 Å². The first-order chi connectivity index (χ1) is 14.0. The molecule has 0 aliphatic carbocycles. The molecule has 2 aromatic carbocycles. The summed E-state index contributed by atoms with van der Waals surface area (Å²) in [5, 5.41) is 2.15. The van der Waals surface area contributed by atoms with Gasteiger partial charge in [-0.1, -0.05) is 18.2 Å². The molecule has 1 saturated heterocycles. The van der Waals surface area contributed by atoms with E-state index in [-0.39, 0.29) is 18.2 Å². The monoisotopic (exact) mass is 412 g/mol. The van der Waals surface area contributed by atoms with Crippen LogP contribution in [-0.4, -0.2) is 42.4 Å². The third-order valence-electron chi connectivity index (χ3n) is 4.25. The smallest absolute Gasteiger partial charge is 0.294 e. The second-order valence-electron chi connectivity index (χ2n) is 6.13. The number of ether oxygens (including phenoxy) is 3. The maximum atomic E-state index is 12.6.